The maximum atomic E-state index is 12.2. The van der Waals surface area contributed by atoms with Crippen molar-refractivity contribution in [2.24, 2.45) is 0 Å². The highest BCUT2D eigenvalue weighted by atomic mass is 16.2. The van der Waals surface area contributed by atoms with Crippen molar-refractivity contribution in [1.82, 2.24) is 9.78 Å². The van der Waals surface area contributed by atoms with Crippen LogP contribution in [-0.4, -0.2) is 21.7 Å². The number of benzene rings is 2. The molecule has 0 radical (unpaired) electrons. The number of para-hydroxylation sites is 1. The Kier molecular flexibility index (Phi) is 4.98. The second-order valence-electron chi connectivity index (χ2n) is 5.76. The van der Waals surface area contributed by atoms with Crippen molar-refractivity contribution in [1.29, 1.82) is 0 Å². The van der Waals surface area contributed by atoms with Gasteiger partial charge in [0, 0.05) is 30.1 Å². The summed E-state index contributed by atoms with van der Waals surface area (Å²) in [6.45, 7) is 3.36. The Hall–Kier alpha value is -3.61. The Labute approximate surface area is 151 Å². The molecule has 3 amide bonds. The summed E-state index contributed by atoms with van der Waals surface area (Å²) in [6, 6.07) is 17.9. The zero-order chi connectivity index (χ0) is 18.5. The first kappa shape index (κ1) is 17.2. The Balaban J connectivity index is 1.64. The second-order valence-corrected chi connectivity index (χ2v) is 5.76. The van der Waals surface area contributed by atoms with Crippen LogP contribution in [0.5, 0.6) is 0 Å². The van der Waals surface area contributed by atoms with Crippen molar-refractivity contribution in [3.8, 4) is 5.69 Å². The fourth-order valence-corrected chi connectivity index (χ4v) is 2.48. The third kappa shape index (κ3) is 4.27. The number of carbonyl (C=O) groups excluding carboxylic acids is 2. The lowest BCUT2D eigenvalue weighted by Crippen LogP contribution is -2.19. The molecule has 3 N–H and O–H groups in total. The molecule has 0 aliphatic heterocycles. The number of hydrogen-bond donors (Lipinski definition) is 3. The van der Waals surface area contributed by atoms with Gasteiger partial charge >= 0.3 is 6.03 Å². The summed E-state index contributed by atoms with van der Waals surface area (Å²) in [5.74, 6) is 0.312. The molecule has 1 aromatic heterocycles. The van der Waals surface area contributed by atoms with Gasteiger partial charge in [0.1, 0.15) is 0 Å². The number of nitrogens with zero attached hydrogens (tertiary/aromatic N) is 2. The first-order valence-corrected chi connectivity index (χ1v) is 8.09. The summed E-state index contributed by atoms with van der Waals surface area (Å²) >= 11 is 0. The van der Waals surface area contributed by atoms with Crippen LogP contribution in [-0.2, 0) is 4.79 Å². The lowest BCUT2D eigenvalue weighted by Gasteiger charge is -2.07. The number of amides is 3. The molecule has 0 unspecified atom stereocenters. The number of hydrogen-bond acceptors (Lipinski definition) is 3. The molecular weight excluding hydrogens is 330 g/mol. The molecule has 0 spiro atoms. The van der Waals surface area contributed by atoms with Crippen molar-refractivity contribution in [3.05, 3.63) is 66.4 Å². The predicted octanol–water partition coefficient (Wildman–Crippen LogP) is 3.78. The van der Waals surface area contributed by atoms with E-state index in [-0.39, 0.29) is 5.91 Å². The minimum Gasteiger partial charge on any atom is -0.326 e. The fraction of sp³-hybridized carbons (Fsp3) is 0.105. The maximum absolute atomic E-state index is 12.2. The average molecular weight is 349 g/mol. The summed E-state index contributed by atoms with van der Waals surface area (Å²) in [5, 5.41) is 12.5. The highest BCUT2D eigenvalue weighted by Gasteiger charge is 2.09. The van der Waals surface area contributed by atoms with Gasteiger partial charge in [0.05, 0.1) is 5.69 Å². The van der Waals surface area contributed by atoms with E-state index in [0.29, 0.717) is 17.2 Å². The van der Waals surface area contributed by atoms with Gasteiger partial charge in [-0.2, -0.15) is 0 Å². The van der Waals surface area contributed by atoms with Crippen LogP contribution < -0.4 is 16.0 Å². The van der Waals surface area contributed by atoms with Gasteiger partial charge < -0.3 is 10.6 Å². The highest BCUT2D eigenvalue weighted by Crippen LogP contribution is 2.16. The van der Waals surface area contributed by atoms with E-state index in [0.717, 1.165) is 11.4 Å². The van der Waals surface area contributed by atoms with Gasteiger partial charge in [-0.1, -0.05) is 18.2 Å². The van der Waals surface area contributed by atoms with Crippen LogP contribution in [0.1, 0.15) is 12.6 Å². The van der Waals surface area contributed by atoms with Crippen LogP contribution in [0.3, 0.4) is 0 Å². The number of rotatable bonds is 4. The molecule has 0 aliphatic rings. The Morgan fingerprint density at radius 1 is 0.885 bits per heavy atom. The second kappa shape index (κ2) is 7.52. The molecule has 26 heavy (non-hydrogen) atoms. The number of urea groups is 1. The standard InChI is InChI=1S/C19H19N5O2/c1-13-12-18(23-24(13)17-6-4-3-5-7-17)22-19(26)21-16-10-8-15(9-11-16)20-14(2)25/h3-12H,1-2H3,(H,20,25)(H2,21,22,23,26). The SMILES string of the molecule is CC(=O)Nc1ccc(NC(=O)Nc2cc(C)n(-c3ccccc3)n2)cc1. The molecule has 3 aromatic rings. The van der Waals surface area contributed by atoms with Crippen LogP contribution in [0.15, 0.2) is 60.7 Å². The van der Waals surface area contributed by atoms with Gasteiger partial charge in [-0.3, -0.25) is 10.1 Å². The van der Waals surface area contributed by atoms with Gasteiger partial charge in [-0.25, -0.2) is 9.48 Å². The lowest BCUT2D eigenvalue weighted by molar-refractivity contribution is -0.114. The number of carbonyl (C=O) groups is 2. The lowest BCUT2D eigenvalue weighted by atomic mass is 10.3. The smallest absolute Gasteiger partial charge is 0.324 e. The number of aryl methyl sites for hydroxylation is 1. The monoisotopic (exact) mass is 349 g/mol. The molecule has 0 saturated heterocycles. The van der Waals surface area contributed by atoms with Crippen LogP contribution in [0.4, 0.5) is 22.0 Å². The molecule has 0 atom stereocenters. The van der Waals surface area contributed by atoms with Gasteiger partial charge in [0.15, 0.2) is 5.82 Å². The van der Waals surface area contributed by atoms with Crippen molar-refractivity contribution in [2.45, 2.75) is 13.8 Å². The largest absolute Gasteiger partial charge is 0.326 e. The molecule has 7 nitrogen and oxygen atoms in total. The van der Waals surface area contributed by atoms with E-state index in [9.17, 15) is 9.59 Å². The van der Waals surface area contributed by atoms with Gasteiger partial charge in [0.2, 0.25) is 5.91 Å². The van der Waals surface area contributed by atoms with E-state index < -0.39 is 6.03 Å². The summed E-state index contributed by atoms with van der Waals surface area (Å²) < 4.78 is 1.76. The van der Waals surface area contributed by atoms with Crippen molar-refractivity contribution in [3.63, 3.8) is 0 Å². The van der Waals surface area contributed by atoms with Crippen molar-refractivity contribution >= 4 is 29.1 Å². The van der Waals surface area contributed by atoms with E-state index in [2.05, 4.69) is 21.0 Å². The normalized spacial score (nSPS) is 10.2. The topological polar surface area (TPSA) is 88.0 Å². The zero-order valence-corrected chi connectivity index (χ0v) is 14.5. The first-order valence-electron chi connectivity index (χ1n) is 8.09. The van der Waals surface area contributed by atoms with Crippen molar-refractivity contribution in [2.75, 3.05) is 16.0 Å². The van der Waals surface area contributed by atoms with Crippen LogP contribution in [0.25, 0.3) is 5.69 Å². The van der Waals surface area contributed by atoms with E-state index >= 15 is 0 Å². The number of anilines is 3. The van der Waals surface area contributed by atoms with Crippen molar-refractivity contribution < 1.29 is 9.59 Å². The zero-order valence-electron chi connectivity index (χ0n) is 14.5. The Bertz CT molecular complexity index is 917. The first-order chi connectivity index (χ1) is 12.5. The Morgan fingerprint density at radius 3 is 2.12 bits per heavy atom. The van der Waals surface area contributed by atoms with Crippen LogP contribution in [0.2, 0.25) is 0 Å². The van der Waals surface area contributed by atoms with Gasteiger partial charge in [-0.05, 0) is 43.3 Å². The molecule has 1 heterocycles. The molecule has 0 saturated carbocycles. The predicted molar refractivity (Wildman–Crippen MR) is 102 cm³/mol. The highest BCUT2D eigenvalue weighted by molar-refractivity contribution is 5.99. The summed E-state index contributed by atoms with van der Waals surface area (Å²) in [4.78, 5) is 23.2. The summed E-state index contributed by atoms with van der Waals surface area (Å²) in [6.07, 6.45) is 0. The molecular formula is C19H19N5O2. The van der Waals surface area contributed by atoms with E-state index in [1.165, 1.54) is 6.92 Å². The molecule has 3 rings (SSSR count). The molecule has 2 aromatic carbocycles. The molecule has 0 fully saturated rings. The minimum absolute atomic E-state index is 0.146. The number of nitrogens with one attached hydrogen (secondary N) is 3. The summed E-state index contributed by atoms with van der Waals surface area (Å²) in [7, 11) is 0. The van der Waals surface area contributed by atoms with Gasteiger partial charge in [-0.15, -0.1) is 5.10 Å². The minimum atomic E-state index is -0.394. The molecule has 7 heteroatoms. The molecule has 0 bridgehead atoms. The quantitative estimate of drug-likeness (QED) is 0.670. The van der Waals surface area contributed by atoms with Gasteiger partial charge in [0.25, 0.3) is 0 Å². The van der Waals surface area contributed by atoms with Crippen LogP contribution >= 0.6 is 0 Å². The van der Waals surface area contributed by atoms with E-state index in [1.807, 2.05) is 37.3 Å². The molecule has 132 valence electrons. The van der Waals surface area contributed by atoms with E-state index in [1.54, 1.807) is 35.0 Å². The maximum Gasteiger partial charge on any atom is 0.324 e. The average Bonchev–Trinajstić information content (AvgIpc) is 2.97. The third-order valence-electron chi connectivity index (χ3n) is 3.59. The summed E-state index contributed by atoms with van der Waals surface area (Å²) in [5.41, 5.74) is 3.11. The third-order valence-corrected chi connectivity index (χ3v) is 3.59. The van der Waals surface area contributed by atoms with Crippen LogP contribution in [0, 0.1) is 6.92 Å². The number of aromatic nitrogens is 2. The van der Waals surface area contributed by atoms with E-state index in [4.69, 9.17) is 0 Å². The fourth-order valence-electron chi connectivity index (χ4n) is 2.48. The Morgan fingerprint density at radius 2 is 1.50 bits per heavy atom. The molecule has 0 aliphatic carbocycles.